The van der Waals surface area contributed by atoms with Crippen LogP contribution in [0.25, 0.3) is 0 Å². The van der Waals surface area contributed by atoms with Crippen molar-refractivity contribution < 1.29 is 4.39 Å². The second kappa shape index (κ2) is 2.07. The van der Waals surface area contributed by atoms with Crippen LogP contribution < -0.4 is 0 Å². The predicted octanol–water partition coefficient (Wildman–Crippen LogP) is 2.89. The average molecular weight is 150 g/mol. The maximum absolute atomic E-state index is 13.6. The Bertz CT molecular complexity index is 255. The molecule has 0 saturated heterocycles. The molecule has 0 nitrogen and oxygen atoms in total. The fourth-order valence-corrected chi connectivity index (χ4v) is 1.50. The molecule has 0 aromatic heterocycles. The summed E-state index contributed by atoms with van der Waals surface area (Å²) in [5, 5.41) is 0. The highest BCUT2D eigenvalue weighted by molar-refractivity contribution is 5.28. The SMILES string of the molecule is CC1CC1(F)c1ccccc1. The standard InChI is InChI=1S/C10H11F/c1-8-7-10(8,11)9-5-3-2-4-6-9/h2-6,8H,7H2,1H3. The molecule has 2 atom stereocenters. The summed E-state index contributed by atoms with van der Waals surface area (Å²) in [6, 6.07) is 9.43. The van der Waals surface area contributed by atoms with E-state index in [1.807, 2.05) is 37.3 Å². The first-order chi connectivity index (χ1) is 5.23. The van der Waals surface area contributed by atoms with E-state index in [0.29, 0.717) is 6.42 Å². The van der Waals surface area contributed by atoms with E-state index in [-0.39, 0.29) is 5.92 Å². The zero-order valence-electron chi connectivity index (χ0n) is 6.55. The minimum absolute atomic E-state index is 0.213. The molecule has 1 aliphatic carbocycles. The molecule has 58 valence electrons. The second-order valence-electron chi connectivity index (χ2n) is 3.33. The van der Waals surface area contributed by atoms with Gasteiger partial charge < -0.3 is 0 Å². The molecule has 2 rings (SSSR count). The van der Waals surface area contributed by atoms with Crippen molar-refractivity contribution in [1.82, 2.24) is 0 Å². The number of hydrogen-bond acceptors (Lipinski definition) is 0. The highest BCUT2D eigenvalue weighted by Gasteiger charge is 2.53. The van der Waals surface area contributed by atoms with Gasteiger partial charge in [0.2, 0.25) is 0 Å². The van der Waals surface area contributed by atoms with E-state index in [9.17, 15) is 4.39 Å². The van der Waals surface area contributed by atoms with Gasteiger partial charge in [-0.25, -0.2) is 4.39 Å². The first-order valence-electron chi connectivity index (χ1n) is 3.98. The minimum atomic E-state index is -0.999. The van der Waals surface area contributed by atoms with Crippen LogP contribution in [0.3, 0.4) is 0 Å². The highest BCUT2D eigenvalue weighted by Crippen LogP contribution is 2.55. The molecule has 0 bridgehead atoms. The van der Waals surface area contributed by atoms with Crippen LogP contribution in [0.1, 0.15) is 18.9 Å². The fourth-order valence-electron chi connectivity index (χ4n) is 1.50. The lowest BCUT2D eigenvalue weighted by molar-refractivity contribution is 0.292. The Kier molecular flexibility index (Phi) is 1.28. The zero-order valence-corrected chi connectivity index (χ0v) is 6.55. The van der Waals surface area contributed by atoms with Crippen LogP contribution in [0.5, 0.6) is 0 Å². The normalized spacial score (nSPS) is 35.3. The lowest BCUT2D eigenvalue weighted by atomic mass is 10.1. The van der Waals surface area contributed by atoms with Crippen molar-refractivity contribution in [3.05, 3.63) is 35.9 Å². The van der Waals surface area contributed by atoms with E-state index in [0.717, 1.165) is 5.56 Å². The van der Waals surface area contributed by atoms with Crippen LogP contribution in [0.4, 0.5) is 4.39 Å². The van der Waals surface area contributed by atoms with Crippen molar-refractivity contribution in [2.75, 3.05) is 0 Å². The van der Waals surface area contributed by atoms with Gasteiger partial charge in [0.1, 0.15) is 5.67 Å². The van der Waals surface area contributed by atoms with Crippen LogP contribution in [-0.2, 0) is 5.67 Å². The predicted molar refractivity (Wildman–Crippen MR) is 43.0 cm³/mol. The molecular weight excluding hydrogens is 139 g/mol. The topological polar surface area (TPSA) is 0 Å². The maximum Gasteiger partial charge on any atom is 0.139 e. The van der Waals surface area contributed by atoms with E-state index >= 15 is 0 Å². The summed E-state index contributed by atoms with van der Waals surface area (Å²) >= 11 is 0. The molecule has 1 heteroatoms. The van der Waals surface area contributed by atoms with Gasteiger partial charge in [-0.15, -0.1) is 0 Å². The molecule has 0 radical (unpaired) electrons. The molecule has 1 aromatic rings. The van der Waals surface area contributed by atoms with Crippen LogP contribution in [0, 0.1) is 5.92 Å². The Hall–Kier alpha value is -0.850. The summed E-state index contributed by atoms with van der Waals surface area (Å²) in [6.45, 7) is 1.95. The summed E-state index contributed by atoms with van der Waals surface area (Å²) in [6.07, 6.45) is 0.691. The van der Waals surface area contributed by atoms with E-state index in [2.05, 4.69) is 0 Å². The van der Waals surface area contributed by atoms with Crippen molar-refractivity contribution in [1.29, 1.82) is 0 Å². The first kappa shape index (κ1) is 6.84. The number of benzene rings is 1. The molecule has 11 heavy (non-hydrogen) atoms. The van der Waals surface area contributed by atoms with Gasteiger partial charge in [0.15, 0.2) is 0 Å². The first-order valence-corrected chi connectivity index (χ1v) is 3.98. The molecule has 0 heterocycles. The highest BCUT2D eigenvalue weighted by atomic mass is 19.1. The quantitative estimate of drug-likeness (QED) is 0.577. The summed E-state index contributed by atoms with van der Waals surface area (Å²) < 4.78 is 13.6. The lowest BCUT2D eigenvalue weighted by Gasteiger charge is -2.04. The van der Waals surface area contributed by atoms with Gasteiger partial charge in [-0.1, -0.05) is 37.3 Å². The maximum atomic E-state index is 13.6. The molecular formula is C10H11F. The van der Waals surface area contributed by atoms with Crippen molar-refractivity contribution in [2.24, 2.45) is 5.92 Å². The molecule has 1 saturated carbocycles. The Labute approximate surface area is 66.1 Å². The minimum Gasteiger partial charge on any atom is -0.238 e. The molecule has 2 unspecified atom stereocenters. The van der Waals surface area contributed by atoms with Crippen LogP contribution >= 0.6 is 0 Å². The smallest absolute Gasteiger partial charge is 0.139 e. The second-order valence-corrected chi connectivity index (χ2v) is 3.33. The van der Waals surface area contributed by atoms with Gasteiger partial charge in [0.05, 0.1) is 0 Å². The number of alkyl halides is 1. The van der Waals surface area contributed by atoms with Crippen LogP contribution in [-0.4, -0.2) is 0 Å². The van der Waals surface area contributed by atoms with Crippen molar-refractivity contribution in [3.8, 4) is 0 Å². The van der Waals surface area contributed by atoms with E-state index in [4.69, 9.17) is 0 Å². The molecule has 0 spiro atoms. The zero-order chi connectivity index (χ0) is 7.90. The van der Waals surface area contributed by atoms with Crippen LogP contribution in [0.2, 0.25) is 0 Å². The summed E-state index contributed by atoms with van der Waals surface area (Å²) in [5.41, 5.74) is -0.158. The molecule has 1 fully saturated rings. The van der Waals surface area contributed by atoms with Gasteiger partial charge in [-0.2, -0.15) is 0 Å². The fraction of sp³-hybridized carbons (Fsp3) is 0.400. The van der Waals surface area contributed by atoms with Crippen molar-refractivity contribution in [3.63, 3.8) is 0 Å². The average Bonchev–Trinajstić information content (AvgIpc) is 2.64. The Morgan fingerprint density at radius 1 is 1.36 bits per heavy atom. The van der Waals surface area contributed by atoms with Gasteiger partial charge >= 0.3 is 0 Å². The molecule has 0 N–H and O–H groups in total. The Morgan fingerprint density at radius 2 is 1.91 bits per heavy atom. The lowest BCUT2D eigenvalue weighted by Crippen LogP contribution is -1.99. The van der Waals surface area contributed by atoms with Crippen molar-refractivity contribution >= 4 is 0 Å². The third-order valence-electron chi connectivity index (χ3n) is 2.48. The van der Waals surface area contributed by atoms with E-state index in [1.165, 1.54) is 0 Å². The van der Waals surface area contributed by atoms with Gasteiger partial charge in [0, 0.05) is 0 Å². The van der Waals surface area contributed by atoms with Gasteiger partial charge in [-0.3, -0.25) is 0 Å². The van der Waals surface area contributed by atoms with Crippen molar-refractivity contribution in [2.45, 2.75) is 19.0 Å². The third kappa shape index (κ3) is 0.953. The summed E-state index contributed by atoms with van der Waals surface area (Å²) in [4.78, 5) is 0. The molecule has 0 amide bonds. The number of halogens is 1. The Balaban J connectivity index is 2.32. The molecule has 1 aromatic carbocycles. The third-order valence-corrected chi connectivity index (χ3v) is 2.48. The van der Waals surface area contributed by atoms with Gasteiger partial charge in [0.25, 0.3) is 0 Å². The largest absolute Gasteiger partial charge is 0.238 e. The van der Waals surface area contributed by atoms with Gasteiger partial charge in [-0.05, 0) is 17.9 Å². The number of rotatable bonds is 1. The monoisotopic (exact) mass is 150 g/mol. The molecule has 1 aliphatic rings. The van der Waals surface area contributed by atoms with Crippen LogP contribution in [0.15, 0.2) is 30.3 Å². The van der Waals surface area contributed by atoms with E-state index in [1.54, 1.807) is 0 Å². The summed E-state index contributed by atoms with van der Waals surface area (Å²) in [5.74, 6) is 0.213. The summed E-state index contributed by atoms with van der Waals surface area (Å²) in [7, 11) is 0. The Morgan fingerprint density at radius 3 is 2.36 bits per heavy atom. The number of hydrogen-bond donors (Lipinski definition) is 0. The van der Waals surface area contributed by atoms with E-state index < -0.39 is 5.67 Å². The molecule has 0 aliphatic heterocycles.